The van der Waals surface area contributed by atoms with Crippen molar-refractivity contribution in [2.75, 3.05) is 24.4 Å². The van der Waals surface area contributed by atoms with Gasteiger partial charge in [-0.25, -0.2) is 13.2 Å². The number of hydrogen-bond acceptors (Lipinski definition) is 7. The molecule has 1 saturated heterocycles. The van der Waals surface area contributed by atoms with Crippen LogP contribution in [0.15, 0.2) is 83.8 Å². The van der Waals surface area contributed by atoms with Gasteiger partial charge in [-0.3, -0.25) is 14.3 Å². The highest BCUT2D eigenvalue weighted by atomic mass is 32.2. The molecule has 2 amide bonds. The Labute approximate surface area is 271 Å². The number of amides is 2. The van der Waals surface area contributed by atoms with Crippen molar-refractivity contribution < 1.29 is 45.8 Å². The Morgan fingerprint density at radius 2 is 1.51 bits per heavy atom. The molecule has 254 valence electrons. The van der Waals surface area contributed by atoms with Gasteiger partial charge in [0.25, 0.3) is 15.9 Å². The van der Waals surface area contributed by atoms with Crippen molar-refractivity contribution in [3.05, 3.63) is 84.4 Å². The number of aliphatic carboxylic acids is 1. The molecule has 11 nitrogen and oxygen atoms in total. The minimum atomic E-state index is -5.08. The van der Waals surface area contributed by atoms with Gasteiger partial charge in [-0.05, 0) is 86.3 Å². The van der Waals surface area contributed by atoms with Gasteiger partial charge in [-0.2, -0.15) is 13.2 Å². The maximum atomic E-state index is 13.1. The number of rotatable bonds is 11. The van der Waals surface area contributed by atoms with E-state index < -0.39 is 34.1 Å². The van der Waals surface area contributed by atoms with Crippen molar-refractivity contribution in [1.29, 1.82) is 0 Å². The number of halogens is 3. The Balaban J connectivity index is 0.000000771. The molecular weight excluding hydrogens is 641 g/mol. The quantitative estimate of drug-likeness (QED) is 0.194. The first-order valence-electron chi connectivity index (χ1n) is 14.7. The lowest BCUT2D eigenvalue weighted by Crippen LogP contribution is -2.50. The minimum Gasteiger partial charge on any atom is -0.475 e. The minimum absolute atomic E-state index is 0.0151. The number of hydrogen-bond donors (Lipinski definition) is 5. The Bertz CT molecular complexity index is 1600. The van der Waals surface area contributed by atoms with E-state index in [-0.39, 0.29) is 28.0 Å². The maximum absolute atomic E-state index is 13.1. The van der Waals surface area contributed by atoms with Crippen LogP contribution in [0.1, 0.15) is 37.0 Å². The molecule has 1 aliphatic heterocycles. The van der Waals surface area contributed by atoms with Crippen molar-refractivity contribution in [2.45, 2.75) is 43.8 Å². The first-order valence-corrected chi connectivity index (χ1v) is 16.2. The van der Waals surface area contributed by atoms with E-state index in [1.165, 1.54) is 24.3 Å². The zero-order chi connectivity index (χ0) is 34.6. The van der Waals surface area contributed by atoms with Crippen LogP contribution in [0.3, 0.4) is 0 Å². The van der Waals surface area contributed by atoms with E-state index in [0.29, 0.717) is 24.0 Å². The maximum Gasteiger partial charge on any atom is 0.490 e. The second-order valence-corrected chi connectivity index (χ2v) is 12.7. The molecule has 0 radical (unpaired) electrons. The highest BCUT2D eigenvalue weighted by Gasteiger charge is 2.38. The third-order valence-electron chi connectivity index (χ3n) is 7.03. The van der Waals surface area contributed by atoms with Crippen LogP contribution in [0.25, 0.3) is 0 Å². The average molecular weight is 679 g/mol. The van der Waals surface area contributed by atoms with E-state index in [2.05, 4.69) is 20.7 Å². The number of ether oxygens (including phenoxy) is 1. The summed E-state index contributed by atoms with van der Waals surface area (Å²) in [7, 11) is -3.97. The SMILES string of the molecule is CC(C)[C@H](NC(=O)c1ccc(S(=O)(=O)Nc2ccccc2Oc2ccccc2)cc1)C(=O)NCC1CCNCC1.O=C(O)C(F)(F)F. The van der Waals surface area contributed by atoms with Gasteiger partial charge < -0.3 is 25.8 Å². The van der Waals surface area contributed by atoms with Crippen LogP contribution in [0, 0.1) is 11.8 Å². The molecular formula is C32H37F3N4O7S. The van der Waals surface area contributed by atoms with Gasteiger partial charge in [-0.15, -0.1) is 0 Å². The molecule has 3 aromatic carbocycles. The summed E-state index contributed by atoms with van der Waals surface area (Å²) in [5.41, 5.74) is 0.534. The van der Waals surface area contributed by atoms with E-state index in [0.717, 1.165) is 25.9 Å². The summed E-state index contributed by atoms with van der Waals surface area (Å²) >= 11 is 0. The highest BCUT2D eigenvalue weighted by molar-refractivity contribution is 7.92. The van der Waals surface area contributed by atoms with Gasteiger partial charge >= 0.3 is 12.1 Å². The molecule has 5 N–H and O–H groups in total. The molecule has 1 heterocycles. The molecule has 1 atom stereocenters. The van der Waals surface area contributed by atoms with Crippen LogP contribution in [0.2, 0.25) is 0 Å². The fourth-order valence-electron chi connectivity index (χ4n) is 4.44. The Hall–Kier alpha value is -4.63. The molecule has 4 rings (SSSR count). The lowest BCUT2D eigenvalue weighted by Gasteiger charge is -2.26. The fourth-order valence-corrected chi connectivity index (χ4v) is 5.52. The summed E-state index contributed by atoms with van der Waals surface area (Å²) in [5, 5.41) is 16.2. The number of carbonyl (C=O) groups excluding carboxylic acids is 2. The molecule has 0 saturated carbocycles. The normalized spacial score (nSPS) is 14.3. The van der Waals surface area contributed by atoms with Crippen molar-refractivity contribution in [1.82, 2.24) is 16.0 Å². The first kappa shape index (κ1) is 36.8. The number of para-hydroxylation sites is 3. The Morgan fingerprint density at radius 3 is 2.09 bits per heavy atom. The van der Waals surface area contributed by atoms with Crippen molar-refractivity contribution in [3.8, 4) is 11.5 Å². The predicted octanol–water partition coefficient (Wildman–Crippen LogP) is 4.78. The van der Waals surface area contributed by atoms with Crippen LogP contribution in [0.5, 0.6) is 11.5 Å². The number of carboxylic acids is 1. The lowest BCUT2D eigenvalue weighted by molar-refractivity contribution is -0.192. The van der Waals surface area contributed by atoms with Crippen LogP contribution >= 0.6 is 0 Å². The summed E-state index contributed by atoms with van der Waals surface area (Å²) in [4.78, 5) is 34.7. The summed E-state index contributed by atoms with van der Waals surface area (Å²) in [5.74, 6) is -2.20. The molecule has 47 heavy (non-hydrogen) atoms. The number of carboxylic acid groups (broad SMARTS) is 1. The topological polar surface area (TPSA) is 163 Å². The van der Waals surface area contributed by atoms with E-state index in [9.17, 15) is 31.2 Å². The number of benzene rings is 3. The van der Waals surface area contributed by atoms with Crippen LogP contribution < -0.4 is 25.4 Å². The van der Waals surface area contributed by atoms with Crippen LogP contribution in [-0.4, -0.2) is 63.2 Å². The van der Waals surface area contributed by atoms with Crippen LogP contribution in [0.4, 0.5) is 18.9 Å². The third kappa shape index (κ3) is 11.6. The summed E-state index contributed by atoms with van der Waals surface area (Å²) in [6.45, 7) is 6.21. The molecule has 0 aromatic heterocycles. The largest absolute Gasteiger partial charge is 0.490 e. The van der Waals surface area contributed by atoms with E-state index >= 15 is 0 Å². The smallest absolute Gasteiger partial charge is 0.475 e. The summed E-state index contributed by atoms with van der Waals surface area (Å²) < 4.78 is 66.4. The highest BCUT2D eigenvalue weighted by Crippen LogP contribution is 2.31. The zero-order valence-electron chi connectivity index (χ0n) is 25.7. The molecule has 0 aliphatic carbocycles. The zero-order valence-corrected chi connectivity index (χ0v) is 26.5. The number of nitrogens with one attached hydrogen (secondary N) is 4. The van der Waals surface area contributed by atoms with Gasteiger partial charge in [0.1, 0.15) is 11.8 Å². The van der Waals surface area contributed by atoms with E-state index in [1.807, 2.05) is 32.0 Å². The number of alkyl halides is 3. The number of piperidine rings is 1. The van der Waals surface area contributed by atoms with E-state index in [1.54, 1.807) is 36.4 Å². The van der Waals surface area contributed by atoms with Crippen molar-refractivity contribution in [2.24, 2.45) is 11.8 Å². The second-order valence-electron chi connectivity index (χ2n) is 11.0. The molecule has 1 fully saturated rings. The predicted molar refractivity (Wildman–Crippen MR) is 169 cm³/mol. The van der Waals surface area contributed by atoms with Gasteiger partial charge in [0.05, 0.1) is 10.6 Å². The Kier molecular flexibility index (Phi) is 13.2. The molecule has 0 spiro atoms. The second kappa shape index (κ2) is 16.8. The monoisotopic (exact) mass is 678 g/mol. The van der Waals surface area contributed by atoms with Crippen LogP contribution in [-0.2, 0) is 19.6 Å². The molecule has 15 heteroatoms. The standard InChI is InChI=1S/C30H36N4O5S.C2HF3O2/c1-21(2)28(30(36)32-20-22-16-18-31-19-17-22)33-29(35)23-12-14-25(15-13-23)40(37,38)34-26-10-6-7-11-27(26)39-24-8-4-3-5-9-24;3-2(4,5)1(6)7/h3-15,21-22,28,31,34H,16-20H2,1-2H3,(H,32,36)(H,33,35);(H,6,7)/t28-;/m0./s1. The molecule has 3 aromatic rings. The summed E-state index contributed by atoms with van der Waals surface area (Å²) in [6.07, 6.45) is -3.07. The van der Waals surface area contributed by atoms with Gasteiger partial charge in [0.15, 0.2) is 5.75 Å². The molecule has 0 unspecified atom stereocenters. The van der Waals surface area contributed by atoms with Gasteiger partial charge in [0.2, 0.25) is 5.91 Å². The lowest BCUT2D eigenvalue weighted by atomic mass is 9.97. The third-order valence-corrected chi connectivity index (χ3v) is 8.41. The molecule has 0 bridgehead atoms. The van der Waals surface area contributed by atoms with E-state index in [4.69, 9.17) is 14.6 Å². The number of anilines is 1. The summed E-state index contributed by atoms with van der Waals surface area (Å²) in [6, 6.07) is 20.7. The molecule has 1 aliphatic rings. The van der Waals surface area contributed by atoms with Crippen molar-refractivity contribution in [3.63, 3.8) is 0 Å². The average Bonchev–Trinajstić information content (AvgIpc) is 3.04. The number of carbonyl (C=O) groups is 3. The number of sulfonamides is 1. The first-order chi connectivity index (χ1) is 22.2. The van der Waals surface area contributed by atoms with Crippen molar-refractivity contribution >= 4 is 33.5 Å². The Morgan fingerprint density at radius 1 is 0.936 bits per heavy atom. The fraction of sp³-hybridized carbons (Fsp3) is 0.344. The van der Waals surface area contributed by atoms with Gasteiger partial charge in [0, 0.05) is 12.1 Å². The van der Waals surface area contributed by atoms with Gasteiger partial charge in [-0.1, -0.05) is 44.2 Å².